The lowest BCUT2D eigenvalue weighted by Gasteiger charge is -2.47. The predicted molar refractivity (Wildman–Crippen MR) is 244 cm³/mol. The number of piperidine rings is 1. The summed E-state index contributed by atoms with van der Waals surface area (Å²) in [6, 6.07) is 8.66. The number of benzene rings is 1. The number of carbonyl (C=O) groups is 4. The highest BCUT2D eigenvalue weighted by Gasteiger charge is 2.56. The fourth-order valence-corrected chi connectivity index (χ4v) is 10.5. The van der Waals surface area contributed by atoms with Gasteiger partial charge in [-0.05, 0) is 127 Å². The van der Waals surface area contributed by atoms with E-state index >= 15 is 0 Å². The molecule has 13 unspecified atom stereocenters. The molecule has 1 aromatic carbocycles. The van der Waals surface area contributed by atoms with Crippen LogP contribution in [-0.2, 0) is 38.1 Å². The third kappa shape index (κ3) is 13.1. The zero-order chi connectivity index (χ0) is 46.7. The van der Waals surface area contributed by atoms with Gasteiger partial charge in [0.1, 0.15) is 35.9 Å². The number of hydrogen-bond donors (Lipinski definition) is 3. The molecule has 64 heavy (non-hydrogen) atoms. The van der Waals surface area contributed by atoms with Gasteiger partial charge in [-0.3, -0.25) is 14.4 Å². The smallest absolute Gasteiger partial charge is 0.329 e. The maximum Gasteiger partial charge on any atom is 0.329 e. The monoisotopic (exact) mass is 895 g/mol. The van der Waals surface area contributed by atoms with Gasteiger partial charge >= 0.3 is 5.97 Å². The standard InChI is InChI=1S/C51H78N2O11/c1-10-38-25-31(2)24-32(3)26-44(60-8)47-45(61-9)28-35(6)51(59,64-47)48(56)49(57)53-23-15-14-18-41(53)50(58)63-46(33(4)19-22-42(38)55)34(5)27-37-20-21-40(52-30-36(7)54)43(29-37)62-39-16-12-11-13-17-39/h11-13,16-17,25,27,32-33,35-38,40-41,43-47,52,54,59H,10,14-15,18-24,26,28-30H2,1-9H3/t32?,33?,35?,36-,37?,38?,40?,41?,43?,44?,45?,46?,47?,51?/m0/s1. The highest BCUT2D eigenvalue weighted by Crippen LogP contribution is 2.39. The molecule has 2 saturated heterocycles. The van der Waals surface area contributed by atoms with Crippen molar-refractivity contribution in [3.8, 4) is 5.75 Å². The molecule has 358 valence electrons. The first-order valence-electron chi connectivity index (χ1n) is 24.0. The average Bonchev–Trinajstić information content (AvgIpc) is 3.28. The number of hydrogen-bond acceptors (Lipinski definition) is 12. The quantitative estimate of drug-likeness (QED) is 0.126. The highest BCUT2D eigenvalue weighted by molar-refractivity contribution is 6.39. The van der Waals surface area contributed by atoms with Gasteiger partial charge in [0.05, 0.1) is 18.3 Å². The van der Waals surface area contributed by atoms with Gasteiger partial charge in [-0.15, -0.1) is 0 Å². The van der Waals surface area contributed by atoms with E-state index in [0.717, 1.165) is 29.7 Å². The summed E-state index contributed by atoms with van der Waals surface area (Å²) in [5, 5.41) is 25.7. The Bertz CT molecular complexity index is 1770. The van der Waals surface area contributed by atoms with Crippen molar-refractivity contribution >= 4 is 23.4 Å². The number of aliphatic hydroxyl groups is 2. The molecular weight excluding hydrogens is 817 g/mol. The first kappa shape index (κ1) is 51.5. The Labute approximate surface area is 382 Å². The largest absolute Gasteiger partial charge is 0.489 e. The second kappa shape index (κ2) is 23.8. The molecule has 1 aliphatic carbocycles. The minimum absolute atomic E-state index is 0.0235. The first-order valence-corrected chi connectivity index (χ1v) is 24.0. The number of allylic oxidation sites excluding steroid dienone is 3. The Kier molecular flexibility index (Phi) is 19.2. The summed E-state index contributed by atoms with van der Waals surface area (Å²) in [4.78, 5) is 58.5. The maximum atomic E-state index is 14.5. The normalized spacial score (nSPS) is 36.3. The van der Waals surface area contributed by atoms with Crippen molar-refractivity contribution in [3.05, 3.63) is 53.6 Å². The number of nitrogens with zero attached hydrogens (tertiary/aromatic N) is 1. The summed E-state index contributed by atoms with van der Waals surface area (Å²) in [5.41, 5.74) is 1.92. The fourth-order valence-electron chi connectivity index (χ4n) is 10.5. The molecule has 2 bridgehead atoms. The van der Waals surface area contributed by atoms with Gasteiger partial charge in [0, 0.05) is 51.6 Å². The van der Waals surface area contributed by atoms with Gasteiger partial charge < -0.3 is 44.1 Å². The Hall–Kier alpha value is -3.46. The van der Waals surface area contributed by atoms with E-state index < -0.39 is 65.9 Å². The topological polar surface area (TPSA) is 170 Å². The summed E-state index contributed by atoms with van der Waals surface area (Å²) in [6.45, 7) is 14.1. The van der Waals surface area contributed by atoms with Crippen LogP contribution in [0.15, 0.2) is 53.6 Å². The van der Waals surface area contributed by atoms with Gasteiger partial charge in [-0.1, -0.05) is 63.6 Å². The molecule has 14 atom stereocenters. The molecule has 3 fully saturated rings. The number of carbonyl (C=O) groups excluding carboxylic acids is 4. The van der Waals surface area contributed by atoms with Crippen LogP contribution in [-0.4, -0.2) is 120 Å². The molecule has 1 aromatic rings. The van der Waals surface area contributed by atoms with Gasteiger partial charge in [0.15, 0.2) is 0 Å². The van der Waals surface area contributed by atoms with Crippen LogP contribution in [0.1, 0.15) is 126 Å². The van der Waals surface area contributed by atoms with Crippen molar-refractivity contribution < 1.29 is 53.1 Å². The third-order valence-electron chi connectivity index (χ3n) is 14.2. The lowest BCUT2D eigenvalue weighted by Crippen LogP contribution is -2.64. The van der Waals surface area contributed by atoms with Gasteiger partial charge in [0.25, 0.3) is 11.7 Å². The number of nitrogens with one attached hydrogen (secondary N) is 1. The molecule has 4 aliphatic rings. The molecule has 3 aliphatic heterocycles. The number of ether oxygens (including phenoxy) is 5. The van der Waals surface area contributed by atoms with E-state index in [-0.39, 0.29) is 54.6 Å². The van der Waals surface area contributed by atoms with E-state index in [0.29, 0.717) is 64.3 Å². The lowest BCUT2D eigenvalue weighted by molar-refractivity contribution is -0.302. The number of fused-ring (bicyclic) bond motifs is 3. The Morgan fingerprint density at radius 3 is 2.34 bits per heavy atom. The summed E-state index contributed by atoms with van der Waals surface area (Å²) in [7, 11) is 3.11. The third-order valence-corrected chi connectivity index (χ3v) is 14.2. The number of methoxy groups -OCH3 is 2. The number of aliphatic hydroxyl groups excluding tert-OH is 1. The molecule has 13 nitrogen and oxygen atoms in total. The van der Waals surface area contributed by atoms with Gasteiger partial charge in [-0.2, -0.15) is 0 Å². The average molecular weight is 895 g/mol. The number of rotatable bonds is 10. The van der Waals surface area contributed by atoms with Crippen LogP contribution in [0.5, 0.6) is 5.75 Å². The SMILES string of the molecule is CCC1C=C(C)CC(C)CC(OC)C2OC(O)(C(=O)C(=O)N3CCCCC3C(=O)OC(C(C)=CC3CCC(NC[C@H](C)O)C(Oc4ccccc4)C3)C(C)CCC1=O)C(C)CC2OC. The Morgan fingerprint density at radius 2 is 1.67 bits per heavy atom. The molecule has 13 heteroatoms. The van der Waals surface area contributed by atoms with E-state index in [2.05, 4.69) is 24.4 Å². The summed E-state index contributed by atoms with van der Waals surface area (Å²) >= 11 is 0. The molecule has 0 spiro atoms. The first-order chi connectivity index (χ1) is 30.5. The Morgan fingerprint density at radius 1 is 0.969 bits per heavy atom. The number of amides is 1. The van der Waals surface area contributed by atoms with E-state index in [9.17, 15) is 29.4 Å². The van der Waals surface area contributed by atoms with Crippen LogP contribution in [0.3, 0.4) is 0 Å². The molecule has 0 radical (unpaired) electrons. The second-order valence-corrected chi connectivity index (χ2v) is 19.5. The predicted octanol–water partition coefficient (Wildman–Crippen LogP) is 6.91. The Balaban J connectivity index is 1.48. The summed E-state index contributed by atoms with van der Waals surface area (Å²) < 4.78 is 31.2. The number of cyclic esters (lactones) is 1. The van der Waals surface area contributed by atoms with Crippen LogP contribution >= 0.6 is 0 Å². The summed E-state index contributed by atoms with van der Waals surface area (Å²) in [5.74, 6) is -5.49. The molecule has 1 saturated carbocycles. The van der Waals surface area contributed by atoms with Crippen molar-refractivity contribution in [1.29, 1.82) is 0 Å². The van der Waals surface area contributed by atoms with Crippen molar-refractivity contribution in [2.75, 3.05) is 27.3 Å². The number of para-hydroxylation sites is 1. The van der Waals surface area contributed by atoms with Gasteiger partial charge in [0.2, 0.25) is 5.79 Å². The molecule has 3 N–H and O–H groups in total. The minimum Gasteiger partial charge on any atom is -0.489 e. The van der Waals surface area contributed by atoms with Crippen LogP contribution in [0, 0.1) is 29.6 Å². The van der Waals surface area contributed by atoms with Crippen LogP contribution in [0.4, 0.5) is 0 Å². The zero-order valence-corrected chi connectivity index (χ0v) is 40.0. The minimum atomic E-state index is -2.48. The molecule has 3 heterocycles. The zero-order valence-electron chi connectivity index (χ0n) is 40.0. The van der Waals surface area contributed by atoms with Crippen molar-refractivity contribution in [2.45, 2.75) is 180 Å². The number of ketones is 2. The van der Waals surface area contributed by atoms with Crippen LogP contribution < -0.4 is 10.1 Å². The van der Waals surface area contributed by atoms with E-state index in [4.69, 9.17) is 23.7 Å². The number of Topliss-reactive ketones (excluding diaryl/α,β-unsaturated/α-hetero) is 2. The summed E-state index contributed by atoms with van der Waals surface area (Å²) in [6.07, 6.45) is 7.58. The van der Waals surface area contributed by atoms with Gasteiger partial charge in [-0.25, -0.2) is 4.79 Å². The molecular formula is C51H78N2O11. The van der Waals surface area contributed by atoms with Crippen molar-refractivity contribution in [3.63, 3.8) is 0 Å². The molecule has 0 aromatic heterocycles. The van der Waals surface area contributed by atoms with E-state index in [1.54, 1.807) is 28.1 Å². The van der Waals surface area contributed by atoms with E-state index in [1.807, 2.05) is 58.0 Å². The van der Waals surface area contributed by atoms with Crippen molar-refractivity contribution in [1.82, 2.24) is 10.2 Å². The van der Waals surface area contributed by atoms with Crippen LogP contribution in [0.25, 0.3) is 0 Å². The van der Waals surface area contributed by atoms with E-state index in [1.165, 1.54) is 4.90 Å². The molecule has 5 rings (SSSR count). The van der Waals surface area contributed by atoms with Crippen molar-refractivity contribution in [2.24, 2.45) is 29.6 Å². The molecule has 1 amide bonds. The number of esters is 1. The fraction of sp³-hybridized carbons (Fsp3) is 0.725. The highest BCUT2D eigenvalue weighted by atomic mass is 16.7. The second-order valence-electron chi connectivity index (χ2n) is 19.5. The lowest BCUT2D eigenvalue weighted by atomic mass is 9.81. The maximum absolute atomic E-state index is 14.5. The van der Waals surface area contributed by atoms with Crippen LogP contribution in [0.2, 0.25) is 0 Å².